The van der Waals surface area contributed by atoms with Crippen molar-refractivity contribution in [3.63, 3.8) is 0 Å². The smallest absolute Gasteiger partial charge is 0.358 e. The summed E-state index contributed by atoms with van der Waals surface area (Å²) in [4.78, 5) is 10.7. The third-order valence-electron chi connectivity index (χ3n) is 3.16. The molecule has 1 aromatic carbocycles. The quantitative estimate of drug-likeness (QED) is 0.858. The molecule has 0 bridgehead atoms. The van der Waals surface area contributed by atoms with Gasteiger partial charge in [-0.1, -0.05) is 23.4 Å². The lowest BCUT2D eigenvalue weighted by atomic mass is 10.1. The Morgan fingerprint density at radius 2 is 2.30 bits per heavy atom. The highest BCUT2D eigenvalue weighted by molar-refractivity contribution is 5.85. The van der Waals surface area contributed by atoms with Crippen molar-refractivity contribution in [1.82, 2.24) is 10.5 Å². The molecule has 1 atom stereocenters. The normalized spacial score (nSPS) is 16.7. The van der Waals surface area contributed by atoms with E-state index in [4.69, 9.17) is 14.4 Å². The number of aromatic nitrogens is 1. The predicted molar refractivity (Wildman–Crippen MR) is 69.7 cm³/mol. The molecule has 6 nitrogen and oxygen atoms in total. The molecule has 0 saturated heterocycles. The van der Waals surface area contributed by atoms with Crippen LogP contribution in [-0.4, -0.2) is 28.9 Å². The Labute approximate surface area is 115 Å². The molecule has 2 aromatic rings. The van der Waals surface area contributed by atoms with E-state index < -0.39 is 5.97 Å². The Bertz CT molecular complexity index is 598. The molecule has 2 N–H and O–H groups in total. The first-order valence-corrected chi connectivity index (χ1v) is 6.36. The van der Waals surface area contributed by atoms with Crippen molar-refractivity contribution in [3.05, 3.63) is 47.3 Å². The average molecular weight is 274 g/mol. The summed E-state index contributed by atoms with van der Waals surface area (Å²) < 4.78 is 10.7. The standard InChI is InChI=1S/C14H14N2O4/c17-14(18)12-6-11(20-16-12)8-15-7-10-5-9-3-1-2-4-13(9)19-10/h1-4,6,10,15H,5,7-8H2,(H,17,18). The Morgan fingerprint density at radius 1 is 1.45 bits per heavy atom. The fourth-order valence-electron chi connectivity index (χ4n) is 2.22. The SMILES string of the molecule is O=C(O)c1cc(CNCC2Cc3ccccc3O2)on1. The molecule has 0 saturated carbocycles. The Kier molecular flexibility index (Phi) is 3.39. The Hall–Kier alpha value is -2.34. The highest BCUT2D eigenvalue weighted by Crippen LogP contribution is 2.27. The summed E-state index contributed by atoms with van der Waals surface area (Å²) in [6.07, 6.45) is 0.967. The molecule has 20 heavy (non-hydrogen) atoms. The van der Waals surface area contributed by atoms with E-state index in [1.807, 2.05) is 18.2 Å². The second-order valence-electron chi connectivity index (χ2n) is 4.67. The van der Waals surface area contributed by atoms with Crippen LogP contribution in [0.3, 0.4) is 0 Å². The molecule has 0 radical (unpaired) electrons. The van der Waals surface area contributed by atoms with Crippen LogP contribution in [-0.2, 0) is 13.0 Å². The molecule has 1 aromatic heterocycles. The third kappa shape index (κ3) is 2.65. The van der Waals surface area contributed by atoms with Crippen LogP contribution < -0.4 is 10.1 Å². The number of carbonyl (C=O) groups is 1. The van der Waals surface area contributed by atoms with Gasteiger partial charge in [-0.05, 0) is 11.6 Å². The minimum absolute atomic E-state index is 0.0775. The first-order chi connectivity index (χ1) is 9.72. The molecule has 1 aliphatic heterocycles. The van der Waals surface area contributed by atoms with E-state index in [2.05, 4.69) is 16.5 Å². The minimum atomic E-state index is -1.09. The summed E-state index contributed by atoms with van der Waals surface area (Å²) in [5.41, 5.74) is 1.14. The van der Waals surface area contributed by atoms with E-state index in [0.29, 0.717) is 18.8 Å². The largest absolute Gasteiger partial charge is 0.488 e. The number of aromatic carboxylic acids is 1. The zero-order valence-electron chi connectivity index (χ0n) is 10.7. The summed E-state index contributed by atoms with van der Waals surface area (Å²) in [7, 11) is 0. The molecule has 2 heterocycles. The summed E-state index contributed by atoms with van der Waals surface area (Å²) >= 11 is 0. The van der Waals surface area contributed by atoms with Gasteiger partial charge < -0.3 is 19.7 Å². The Balaban J connectivity index is 1.48. The van der Waals surface area contributed by atoms with E-state index in [0.717, 1.165) is 12.2 Å². The van der Waals surface area contributed by atoms with Crippen molar-refractivity contribution in [2.45, 2.75) is 19.1 Å². The minimum Gasteiger partial charge on any atom is -0.488 e. The van der Waals surface area contributed by atoms with Gasteiger partial charge in [0.1, 0.15) is 11.9 Å². The van der Waals surface area contributed by atoms with E-state index in [-0.39, 0.29) is 11.8 Å². The van der Waals surface area contributed by atoms with Crippen molar-refractivity contribution in [2.75, 3.05) is 6.54 Å². The van der Waals surface area contributed by atoms with E-state index in [1.165, 1.54) is 11.6 Å². The third-order valence-corrected chi connectivity index (χ3v) is 3.16. The maximum Gasteiger partial charge on any atom is 0.358 e. The number of carboxylic acid groups (broad SMARTS) is 1. The van der Waals surface area contributed by atoms with E-state index in [9.17, 15) is 4.79 Å². The van der Waals surface area contributed by atoms with Crippen molar-refractivity contribution in [3.8, 4) is 5.75 Å². The second kappa shape index (κ2) is 5.34. The summed E-state index contributed by atoms with van der Waals surface area (Å²) in [5, 5.41) is 15.4. The van der Waals surface area contributed by atoms with Crippen molar-refractivity contribution in [1.29, 1.82) is 0 Å². The van der Waals surface area contributed by atoms with Gasteiger partial charge in [0, 0.05) is 19.0 Å². The lowest BCUT2D eigenvalue weighted by Crippen LogP contribution is -2.29. The lowest BCUT2D eigenvalue weighted by molar-refractivity contribution is 0.0685. The zero-order valence-corrected chi connectivity index (χ0v) is 10.7. The first-order valence-electron chi connectivity index (χ1n) is 6.36. The van der Waals surface area contributed by atoms with Crippen LogP contribution in [0.5, 0.6) is 5.75 Å². The topological polar surface area (TPSA) is 84.6 Å². The molecule has 104 valence electrons. The van der Waals surface area contributed by atoms with Crippen LogP contribution in [0.4, 0.5) is 0 Å². The lowest BCUT2D eigenvalue weighted by Gasteiger charge is -2.10. The number of ether oxygens (including phenoxy) is 1. The molecule has 0 fully saturated rings. The summed E-state index contributed by atoms with van der Waals surface area (Å²) in [6, 6.07) is 9.39. The summed E-state index contributed by atoms with van der Waals surface area (Å²) in [5.74, 6) is 0.347. The van der Waals surface area contributed by atoms with Gasteiger partial charge in [0.15, 0.2) is 11.5 Å². The van der Waals surface area contributed by atoms with Crippen LogP contribution in [0.2, 0.25) is 0 Å². The van der Waals surface area contributed by atoms with Gasteiger partial charge in [0.2, 0.25) is 0 Å². The molecule has 0 aliphatic carbocycles. The number of benzene rings is 1. The highest BCUT2D eigenvalue weighted by atomic mass is 16.5. The number of fused-ring (bicyclic) bond motifs is 1. The molecule has 1 aliphatic rings. The molecule has 3 rings (SSSR count). The van der Waals surface area contributed by atoms with Gasteiger partial charge in [0.25, 0.3) is 0 Å². The van der Waals surface area contributed by atoms with Crippen molar-refractivity contribution < 1.29 is 19.2 Å². The first kappa shape index (κ1) is 12.7. The van der Waals surface area contributed by atoms with Gasteiger partial charge in [-0.2, -0.15) is 0 Å². The van der Waals surface area contributed by atoms with Gasteiger partial charge in [-0.15, -0.1) is 0 Å². The zero-order chi connectivity index (χ0) is 13.9. The molecule has 1 unspecified atom stereocenters. The second-order valence-corrected chi connectivity index (χ2v) is 4.67. The summed E-state index contributed by atoms with van der Waals surface area (Å²) in [6.45, 7) is 1.09. The van der Waals surface area contributed by atoms with Crippen LogP contribution >= 0.6 is 0 Å². The number of rotatable bonds is 5. The number of nitrogens with one attached hydrogen (secondary N) is 1. The number of nitrogens with zero attached hydrogens (tertiary/aromatic N) is 1. The maximum atomic E-state index is 10.7. The monoisotopic (exact) mass is 274 g/mol. The van der Waals surface area contributed by atoms with Gasteiger partial charge in [-0.3, -0.25) is 0 Å². The molecule has 6 heteroatoms. The van der Waals surface area contributed by atoms with Crippen LogP contribution in [0.15, 0.2) is 34.9 Å². The number of carboxylic acids is 1. The molecular formula is C14H14N2O4. The van der Waals surface area contributed by atoms with Crippen molar-refractivity contribution in [2.24, 2.45) is 0 Å². The maximum absolute atomic E-state index is 10.7. The van der Waals surface area contributed by atoms with Crippen LogP contribution in [0, 0.1) is 0 Å². The van der Waals surface area contributed by atoms with Gasteiger partial charge in [0.05, 0.1) is 6.54 Å². The van der Waals surface area contributed by atoms with Gasteiger partial charge in [-0.25, -0.2) is 4.79 Å². The van der Waals surface area contributed by atoms with Gasteiger partial charge >= 0.3 is 5.97 Å². The highest BCUT2D eigenvalue weighted by Gasteiger charge is 2.21. The van der Waals surface area contributed by atoms with E-state index in [1.54, 1.807) is 0 Å². The fraction of sp³-hybridized carbons (Fsp3) is 0.286. The molecular weight excluding hydrogens is 260 g/mol. The van der Waals surface area contributed by atoms with E-state index >= 15 is 0 Å². The van der Waals surface area contributed by atoms with Crippen LogP contribution in [0.25, 0.3) is 0 Å². The Morgan fingerprint density at radius 3 is 3.05 bits per heavy atom. The average Bonchev–Trinajstić information content (AvgIpc) is 3.04. The van der Waals surface area contributed by atoms with Crippen LogP contribution in [0.1, 0.15) is 21.8 Å². The molecule has 0 spiro atoms. The number of hydrogen-bond donors (Lipinski definition) is 2. The van der Waals surface area contributed by atoms with Crippen molar-refractivity contribution >= 4 is 5.97 Å². The fourth-order valence-corrected chi connectivity index (χ4v) is 2.22. The number of para-hydroxylation sites is 1. The predicted octanol–water partition coefficient (Wildman–Crippen LogP) is 1.47. The molecule has 0 amide bonds. The number of hydrogen-bond acceptors (Lipinski definition) is 5.